The van der Waals surface area contributed by atoms with Gasteiger partial charge in [0.25, 0.3) is 5.91 Å². The smallest absolute Gasteiger partial charge is 0.260 e. The summed E-state index contributed by atoms with van der Waals surface area (Å²) in [5.74, 6) is -0.101. The van der Waals surface area contributed by atoms with E-state index in [1.807, 2.05) is 18.2 Å². The van der Waals surface area contributed by atoms with Crippen molar-refractivity contribution in [1.29, 1.82) is 0 Å². The number of hydrogen-bond donors (Lipinski definition) is 0. The number of carbonyl (C=O) groups is 1. The van der Waals surface area contributed by atoms with Crippen molar-refractivity contribution in [2.45, 2.75) is 13.1 Å². The van der Waals surface area contributed by atoms with Crippen molar-refractivity contribution in [3.8, 4) is 5.75 Å². The molecule has 1 saturated heterocycles. The maximum absolute atomic E-state index is 14.1. The Morgan fingerprint density at radius 2 is 1.56 bits per heavy atom. The molecule has 0 N–H and O–H groups in total. The monoisotopic (exact) mass is 511 g/mol. The fourth-order valence-electron chi connectivity index (χ4n) is 4.12. The van der Waals surface area contributed by atoms with Crippen LogP contribution in [0.25, 0.3) is 0 Å². The molecule has 0 aromatic heterocycles. The highest BCUT2D eigenvalue weighted by Gasteiger charge is 2.22. The maximum Gasteiger partial charge on any atom is 0.260 e. The predicted octanol–water partition coefficient (Wildman–Crippen LogP) is 3.52. The number of hydrogen-bond acceptors (Lipinski definition) is 5. The van der Waals surface area contributed by atoms with E-state index >= 15 is 0 Å². The lowest BCUT2D eigenvalue weighted by Crippen LogP contribution is -2.49. The average molecular weight is 512 g/mol. The van der Waals surface area contributed by atoms with E-state index in [1.165, 1.54) is 11.6 Å². The molecule has 0 unspecified atom stereocenters. The Morgan fingerprint density at radius 1 is 0.917 bits per heavy atom. The Balaban J connectivity index is 1.30. The Bertz CT molecular complexity index is 1260. The van der Waals surface area contributed by atoms with Gasteiger partial charge in [0.15, 0.2) is 6.61 Å². The molecule has 7 nitrogen and oxygen atoms in total. The van der Waals surface area contributed by atoms with E-state index < -0.39 is 15.8 Å². The quantitative estimate of drug-likeness (QED) is 0.440. The summed E-state index contributed by atoms with van der Waals surface area (Å²) < 4.78 is 45.6. The minimum atomic E-state index is -3.65. The second kappa shape index (κ2) is 11.5. The van der Waals surface area contributed by atoms with Gasteiger partial charge in [0.2, 0.25) is 10.0 Å². The summed E-state index contributed by atoms with van der Waals surface area (Å²) in [6.07, 6.45) is 1.08. The molecule has 1 fully saturated rings. The third kappa shape index (κ3) is 6.83. The Kier molecular flexibility index (Phi) is 8.22. The summed E-state index contributed by atoms with van der Waals surface area (Å²) in [6.45, 7) is 3.55. The van der Waals surface area contributed by atoms with Crippen molar-refractivity contribution >= 4 is 21.6 Å². The van der Waals surface area contributed by atoms with Crippen LogP contribution in [0.3, 0.4) is 0 Å². The van der Waals surface area contributed by atoms with Crippen LogP contribution >= 0.6 is 0 Å². The zero-order valence-corrected chi connectivity index (χ0v) is 21.0. The van der Waals surface area contributed by atoms with Gasteiger partial charge in [0, 0.05) is 38.3 Å². The van der Waals surface area contributed by atoms with Gasteiger partial charge >= 0.3 is 0 Å². The van der Waals surface area contributed by atoms with Crippen LogP contribution < -0.4 is 9.04 Å². The van der Waals surface area contributed by atoms with Crippen LogP contribution in [0, 0.1) is 5.82 Å². The fraction of sp³-hybridized carbons (Fsp3) is 0.296. The molecule has 0 radical (unpaired) electrons. The summed E-state index contributed by atoms with van der Waals surface area (Å²) in [5, 5.41) is 0. The molecule has 1 heterocycles. The van der Waals surface area contributed by atoms with E-state index in [4.69, 9.17) is 4.74 Å². The molecule has 0 atom stereocenters. The zero-order chi connectivity index (χ0) is 25.5. The van der Waals surface area contributed by atoms with Crippen LogP contribution in [0.5, 0.6) is 5.75 Å². The van der Waals surface area contributed by atoms with E-state index in [2.05, 4.69) is 17.0 Å². The molecule has 1 aliphatic heterocycles. The van der Waals surface area contributed by atoms with Crippen molar-refractivity contribution in [1.82, 2.24) is 9.80 Å². The number of nitrogens with zero attached hydrogens (tertiary/aromatic N) is 3. The second-order valence-electron chi connectivity index (χ2n) is 8.79. The van der Waals surface area contributed by atoms with Crippen molar-refractivity contribution in [2.24, 2.45) is 0 Å². The SMILES string of the molecule is CS(=O)(=O)N(Cc1ccccc1F)c1ccc(OCC(=O)N2CCN(Cc3ccccc3)CC2)cc1. The first kappa shape index (κ1) is 25.7. The third-order valence-corrected chi connectivity index (χ3v) is 7.27. The van der Waals surface area contributed by atoms with Gasteiger partial charge in [-0.2, -0.15) is 0 Å². The second-order valence-corrected chi connectivity index (χ2v) is 10.7. The third-order valence-electron chi connectivity index (χ3n) is 6.13. The standard InChI is InChI=1S/C27H30FN3O4S/c1-36(33,34)31(20-23-9-5-6-10-26(23)28)24-11-13-25(14-12-24)35-21-27(32)30-17-15-29(16-18-30)19-22-7-3-2-4-8-22/h2-14H,15-21H2,1H3. The van der Waals surface area contributed by atoms with Gasteiger partial charge < -0.3 is 9.64 Å². The highest BCUT2D eigenvalue weighted by Crippen LogP contribution is 2.24. The lowest BCUT2D eigenvalue weighted by Gasteiger charge is -2.34. The Labute approximate surface area is 211 Å². The van der Waals surface area contributed by atoms with Crippen LogP contribution in [0.2, 0.25) is 0 Å². The first-order chi connectivity index (χ1) is 17.3. The molecular formula is C27H30FN3O4S. The van der Waals surface area contributed by atoms with Crippen molar-refractivity contribution in [2.75, 3.05) is 43.3 Å². The van der Waals surface area contributed by atoms with Gasteiger partial charge in [-0.3, -0.25) is 14.0 Å². The lowest BCUT2D eigenvalue weighted by atomic mass is 10.2. The zero-order valence-electron chi connectivity index (χ0n) is 20.2. The molecule has 0 spiro atoms. The summed E-state index contributed by atoms with van der Waals surface area (Å²) in [5.41, 5.74) is 1.92. The van der Waals surface area contributed by atoms with Gasteiger partial charge in [-0.05, 0) is 35.9 Å². The number of carbonyl (C=O) groups excluding carboxylic acids is 1. The number of halogens is 1. The van der Waals surface area contributed by atoms with Crippen LogP contribution in [-0.2, 0) is 27.9 Å². The van der Waals surface area contributed by atoms with Crippen molar-refractivity contribution in [3.05, 3.63) is 95.8 Å². The topological polar surface area (TPSA) is 70.2 Å². The molecule has 0 aliphatic carbocycles. The van der Waals surface area contributed by atoms with Gasteiger partial charge in [-0.25, -0.2) is 12.8 Å². The normalized spacial score (nSPS) is 14.4. The molecule has 4 rings (SSSR count). The predicted molar refractivity (Wildman–Crippen MR) is 138 cm³/mol. The Hall–Kier alpha value is -3.43. The molecule has 3 aromatic carbocycles. The molecular weight excluding hydrogens is 481 g/mol. The van der Waals surface area contributed by atoms with E-state index in [0.29, 0.717) is 24.5 Å². The Morgan fingerprint density at radius 3 is 2.19 bits per heavy atom. The molecule has 1 amide bonds. The molecule has 36 heavy (non-hydrogen) atoms. The van der Waals surface area contributed by atoms with Crippen LogP contribution in [-0.4, -0.2) is 63.2 Å². The first-order valence-corrected chi connectivity index (χ1v) is 13.6. The molecule has 1 aliphatic rings. The number of benzene rings is 3. The number of anilines is 1. The lowest BCUT2D eigenvalue weighted by molar-refractivity contribution is -0.135. The molecule has 3 aromatic rings. The fourth-order valence-corrected chi connectivity index (χ4v) is 5.00. The summed E-state index contributed by atoms with van der Waals surface area (Å²) >= 11 is 0. The first-order valence-electron chi connectivity index (χ1n) is 11.8. The number of amides is 1. The van der Waals surface area contributed by atoms with Crippen LogP contribution in [0.1, 0.15) is 11.1 Å². The van der Waals surface area contributed by atoms with E-state index in [0.717, 1.165) is 30.2 Å². The summed E-state index contributed by atoms with van der Waals surface area (Å²) in [7, 11) is -3.65. The van der Waals surface area contributed by atoms with Gasteiger partial charge in [-0.15, -0.1) is 0 Å². The number of rotatable bonds is 9. The summed E-state index contributed by atoms with van der Waals surface area (Å²) in [6, 6.07) is 22.7. The van der Waals surface area contributed by atoms with E-state index in [-0.39, 0.29) is 24.6 Å². The van der Waals surface area contributed by atoms with E-state index in [1.54, 1.807) is 47.4 Å². The van der Waals surface area contributed by atoms with Gasteiger partial charge in [-0.1, -0.05) is 48.5 Å². The average Bonchev–Trinajstić information content (AvgIpc) is 2.87. The number of piperazine rings is 1. The number of sulfonamides is 1. The van der Waals surface area contributed by atoms with Crippen LogP contribution in [0.4, 0.5) is 10.1 Å². The molecule has 9 heteroatoms. The van der Waals surface area contributed by atoms with Crippen molar-refractivity contribution < 1.29 is 22.3 Å². The molecule has 0 saturated carbocycles. The minimum absolute atomic E-state index is 0.0873. The molecule has 190 valence electrons. The van der Waals surface area contributed by atoms with E-state index in [9.17, 15) is 17.6 Å². The van der Waals surface area contributed by atoms with Gasteiger partial charge in [0.05, 0.1) is 18.5 Å². The van der Waals surface area contributed by atoms with Gasteiger partial charge in [0.1, 0.15) is 11.6 Å². The maximum atomic E-state index is 14.1. The summed E-state index contributed by atoms with van der Waals surface area (Å²) in [4.78, 5) is 16.8. The molecule has 0 bridgehead atoms. The van der Waals surface area contributed by atoms with Crippen LogP contribution in [0.15, 0.2) is 78.9 Å². The minimum Gasteiger partial charge on any atom is -0.484 e. The largest absolute Gasteiger partial charge is 0.484 e. The highest BCUT2D eigenvalue weighted by molar-refractivity contribution is 7.92. The highest BCUT2D eigenvalue weighted by atomic mass is 32.2. The van der Waals surface area contributed by atoms with Crippen molar-refractivity contribution in [3.63, 3.8) is 0 Å². The number of ether oxygens (including phenoxy) is 1.